The van der Waals surface area contributed by atoms with E-state index in [4.69, 9.17) is 4.74 Å². The summed E-state index contributed by atoms with van der Waals surface area (Å²) in [6.45, 7) is 6.91. The van der Waals surface area contributed by atoms with Gasteiger partial charge in [-0.25, -0.2) is 8.42 Å². The van der Waals surface area contributed by atoms with E-state index in [1.165, 1.54) is 17.3 Å². The fourth-order valence-electron chi connectivity index (χ4n) is 3.54. The zero-order valence-corrected chi connectivity index (χ0v) is 17.3. The number of hydrogen-bond acceptors (Lipinski definition) is 4. The van der Waals surface area contributed by atoms with Crippen LogP contribution in [-0.4, -0.2) is 30.8 Å². The molecule has 3 rings (SSSR count). The summed E-state index contributed by atoms with van der Waals surface area (Å²) >= 11 is 0. The molecule has 0 unspecified atom stereocenters. The molecule has 0 amide bonds. The Morgan fingerprint density at radius 3 is 2.21 bits per heavy atom. The zero-order chi connectivity index (χ0) is 20.5. The maximum atomic E-state index is 13.5. The summed E-state index contributed by atoms with van der Waals surface area (Å²) in [7, 11) is -3.82. The molecule has 1 aliphatic rings. The Hall–Kier alpha value is -2.28. The summed E-state index contributed by atoms with van der Waals surface area (Å²) in [4.78, 5) is 11.8. The molecule has 28 heavy (non-hydrogen) atoms. The number of ether oxygens (including phenoxy) is 1. The van der Waals surface area contributed by atoms with E-state index >= 15 is 0 Å². The minimum atomic E-state index is -3.82. The molecule has 148 valence electrons. The van der Waals surface area contributed by atoms with Gasteiger partial charge in [-0.05, 0) is 57.0 Å². The quantitative estimate of drug-likeness (QED) is 0.713. The van der Waals surface area contributed by atoms with Crippen LogP contribution in [0.2, 0.25) is 0 Å². The van der Waals surface area contributed by atoms with Crippen molar-refractivity contribution in [2.45, 2.75) is 51.0 Å². The van der Waals surface area contributed by atoms with Crippen molar-refractivity contribution in [1.29, 1.82) is 0 Å². The van der Waals surface area contributed by atoms with Gasteiger partial charge in [0, 0.05) is 0 Å². The smallest absolute Gasteiger partial charge is 0.245 e. The number of benzene rings is 2. The largest absolute Gasteiger partial charge is 0.349 e. The van der Waals surface area contributed by atoms with E-state index in [0.29, 0.717) is 5.57 Å². The van der Waals surface area contributed by atoms with Crippen molar-refractivity contribution in [3.63, 3.8) is 0 Å². The van der Waals surface area contributed by atoms with Crippen LogP contribution in [0, 0.1) is 6.92 Å². The second-order valence-electron chi connectivity index (χ2n) is 7.21. The highest BCUT2D eigenvalue weighted by atomic mass is 32.2. The number of rotatable bonds is 5. The molecule has 0 aliphatic carbocycles. The number of allylic oxidation sites excluding steroid dienone is 1. The van der Waals surface area contributed by atoms with Gasteiger partial charge in [-0.2, -0.15) is 4.31 Å². The number of carbonyl (C=O) groups excluding carboxylic acids is 1. The van der Waals surface area contributed by atoms with E-state index in [1.807, 2.05) is 44.2 Å². The molecular weight excluding hydrogens is 374 g/mol. The SMILES string of the molecule is CC(=O)/C=C(\C)[C@@H]1O[C@H](c2ccccc2)[C@H](C)N1S(=O)(=O)c1ccc(C)cc1. The van der Waals surface area contributed by atoms with Crippen LogP contribution in [0.5, 0.6) is 0 Å². The summed E-state index contributed by atoms with van der Waals surface area (Å²) in [6, 6.07) is 15.9. The van der Waals surface area contributed by atoms with Crippen LogP contribution in [0.15, 0.2) is 71.1 Å². The number of nitrogens with zero attached hydrogens (tertiary/aromatic N) is 1. The normalized spacial score (nSPS) is 23.7. The maximum absolute atomic E-state index is 13.5. The summed E-state index contributed by atoms with van der Waals surface area (Å²) in [5, 5.41) is 0. The maximum Gasteiger partial charge on any atom is 0.245 e. The third kappa shape index (κ3) is 3.94. The molecule has 5 nitrogen and oxygen atoms in total. The van der Waals surface area contributed by atoms with Gasteiger partial charge in [-0.3, -0.25) is 4.79 Å². The summed E-state index contributed by atoms with van der Waals surface area (Å²) in [5.41, 5.74) is 2.45. The van der Waals surface area contributed by atoms with E-state index in [1.54, 1.807) is 31.2 Å². The monoisotopic (exact) mass is 399 g/mol. The lowest BCUT2D eigenvalue weighted by molar-refractivity contribution is -0.112. The van der Waals surface area contributed by atoms with Crippen molar-refractivity contribution in [3.05, 3.63) is 77.4 Å². The lowest BCUT2D eigenvalue weighted by Gasteiger charge is -2.26. The molecule has 0 saturated carbocycles. The average molecular weight is 400 g/mol. The first kappa shape index (κ1) is 20.5. The second kappa shape index (κ2) is 7.99. The summed E-state index contributed by atoms with van der Waals surface area (Å²) in [6.07, 6.45) is 0.166. The number of carbonyl (C=O) groups is 1. The topological polar surface area (TPSA) is 63.7 Å². The summed E-state index contributed by atoms with van der Waals surface area (Å²) < 4.78 is 34.5. The first-order chi connectivity index (χ1) is 13.2. The van der Waals surface area contributed by atoms with Crippen LogP contribution in [0.3, 0.4) is 0 Å². The van der Waals surface area contributed by atoms with Crippen LogP contribution in [-0.2, 0) is 19.6 Å². The summed E-state index contributed by atoms with van der Waals surface area (Å²) in [5.74, 6) is -0.149. The van der Waals surface area contributed by atoms with Gasteiger partial charge in [0.1, 0.15) is 12.3 Å². The molecule has 0 bridgehead atoms. The molecule has 2 aromatic carbocycles. The Morgan fingerprint density at radius 1 is 1.04 bits per heavy atom. The van der Waals surface area contributed by atoms with Gasteiger partial charge in [-0.1, -0.05) is 48.0 Å². The van der Waals surface area contributed by atoms with Crippen LogP contribution >= 0.6 is 0 Å². The molecule has 0 aromatic heterocycles. The predicted octanol–water partition coefficient (Wildman–Crippen LogP) is 4.01. The molecule has 1 fully saturated rings. The average Bonchev–Trinajstić information content (AvgIpc) is 3.00. The number of hydrogen-bond donors (Lipinski definition) is 0. The van der Waals surface area contributed by atoms with E-state index in [9.17, 15) is 13.2 Å². The van der Waals surface area contributed by atoms with Crippen LogP contribution < -0.4 is 0 Å². The number of sulfonamides is 1. The van der Waals surface area contributed by atoms with Gasteiger partial charge in [0.05, 0.1) is 10.9 Å². The van der Waals surface area contributed by atoms with Crippen LogP contribution in [0.25, 0.3) is 0 Å². The van der Waals surface area contributed by atoms with E-state index in [-0.39, 0.29) is 10.7 Å². The van der Waals surface area contributed by atoms with Gasteiger partial charge in [0.25, 0.3) is 0 Å². The highest BCUT2D eigenvalue weighted by molar-refractivity contribution is 7.89. The van der Waals surface area contributed by atoms with Gasteiger partial charge in [-0.15, -0.1) is 0 Å². The molecule has 0 N–H and O–H groups in total. The number of aryl methyl sites for hydroxylation is 1. The molecule has 6 heteroatoms. The van der Waals surface area contributed by atoms with Gasteiger partial charge in [0.2, 0.25) is 10.0 Å². The van der Waals surface area contributed by atoms with Gasteiger partial charge in [0.15, 0.2) is 5.78 Å². The standard InChI is InChI=1S/C22H25NO4S/c1-15-10-12-20(13-11-15)28(25,26)23-18(4)21(19-8-6-5-7-9-19)27-22(23)16(2)14-17(3)24/h5-14,18,21-22H,1-4H3/b16-14+/t18-,21-,22-/m0/s1. The molecule has 0 radical (unpaired) electrons. The molecule has 1 aliphatic heterocycles. The van der Waals surface area contributed by atoms with Crippen molar-refractivity contribution in [2.75, 3.05) is 0 Å². The lowest BCUT2D eigenvalue weighted by atomic mass is 10.0. The van der Waals surface area contributed by atoms with E-state index < -0.39 is 28.4 Å². The molecule has 2 aromatic rings. The van der Waals surface area contributed by atoms with Crippen molar-refractivity contribution >= 4 is 15.8 Å². The predicted molar refractivity (Wildman–Crippen MR) is 108 cm³/mol. The molecule has 1 saturated heterocycles. The van der Waals surface area contributed by atoms with Crippen molar-refractivity contribution in [2.24, 2.45) is 0 Å². The Labute approximate surface area is 166 Å². The van der Waals surface area contributed by atoms with E-state index in [2.05, 4.69) is 0 Å². The van der Waals surface area contributed by atoms with Gasteiger partial charge >= 0.3 is 0 Å². The molecule has 1 heterocycles. The van der Waals surface area contributed by atoms with Crippen LogP contribution in [0.4, 0.5) is 0 Å². The number of ketones is 1. The Balaban J connectivity index is 2.08. The zero-order valence-electron chi connectivity index (χ0n) is 16.5. The second-order valence-corrected chi connectivity index (χ2v) is 9.05. The fraction of sp³-hybridized carbons (Fsp3) is 0.318. The minimum absolute atomic E-state index is 0.149. The van der Waals surface area contributed by atoms with Crippen molar-refractivity contribution < 1.29 is 17.9 Å². The molecule has 0 spiro atoms. The lowest BCUT2D eigenvalue weighted by Crippen LogP contribution is -2.41. The third-order valence-electron chi connectivity index (χ3n) is 4.89. The molecule has 3 atom stereocenters. The fourth-order valence-corrected chi connectivity index (χ4v) is 5.28. The Morgan fingerprint density at radius 2 is 1.64 bits per heavy atom. The highest BCUT2D eigenvalue weighted by Gasteiger charge is 2.47. The molecular formula is C22H25NO4S. The van der Waals surface area contributed by atoms with Crippen molar-refractivity contribution in [1.82, 2.24) is 4.31 Å². The minimum Gasteiger partial charge on any atom is -0.349 e. The Bertz CT molecular complexity index is 981. The first-order valence-corrected chi connectivity index (χ1v) is 10.6. The van der Waals surface area contributed by atoms with Crippen molar-refractivity contribution in [3.8, 4) is 0 Å². The first-order valence-electron chi connectivity index (χ1n) is 9.21. The Kier molecular flexibility index (Phi) is 5.84. The third-order valence-corrected chi connectivity index (χ3v) is 6.84. The highest BCUT2D eigenvalue weighted by Crippen LogP contribution is 2.40. The van der Waals surface area contributed by atoms with Gasteiger partial charge < -0.3 is 4.74 Å². The van der Waals surface area contributed by atoms with Crippen LogP contribution in [0.1, 0.15) is 38.0 Å². The van der Waals surface area contributed by atoms with E-state index in [0.717, 1.165) is 11.1 Å².